The molecule has 2 saturated carbocycles. The van der Waals surface area contributed by atoms with Crippen LogP contribution >= 0.6 is 0 Å². The number of benzene rings is 2. The second kappa shape index (κ2) is 8.50. The van der Waals surface area contributed by atoms with Crippen molar-refractivity contribution in [2.45, 2.75) is 89.8 Å². The number of phenolic OH excluding ortho intramolecular Hbond substituents is 1. The van der Waals surface area contributed by atoms with Crippen molar-refractivity contribution >= 4 is 5.91 Å². The van der Waals surface area contributed by atoms with Crippen LogP contribution < -0.4 is 4.74 Å². The van der Waals surface area contributed by atoms with Gasteiger partial charge in [0.2, 0.25) is 0 Å². The molecule has 1 saturated heterocycles. The SMILES string of the molecule is Cc1ccc(C#CC(=O)N(C)[C@@H]2CC[C@@]3(C)[C@H]4Cc5ccc(O)c6c5[C@@]3(CC[N+]4(O)CC3CC3)[C@H]2O6)c(C)c1C. The second-order valence-electron chi connectivity index (χ2n) is 13.6. The molecule has 2 heterocycles. The molecular weight excluding hydrogens is 500 g/mol. The second-order valence-corrected chi connectivity index (χ2v) is 13.6. The molecule has 3 aliphatic carbocycles. The molecule has 1 unspecified atom stereocenters. The third-order valence-corrected chi connectivity index (χ3v) is 11.8. The minimum absolute atomic E-state index is 0.0745. The van der Waals surface area contributed by atoms with E-state index in [4.69, 9.17) is 4.74 Å². The predicted octanol–water partition coefficient (Wildman–Crippen LogP) is 4.94. The number of amides is 1. The molecule has 2 aromatic carbocycles. The van der Waals surface area contributed by atoms with Gasteiger partial charge in [-0.05, 0) is 80.8 Å². The number of hydrogen-bond acceptors (Lipinski definition) is 4. The number of piperidine rings is 1. The fourth-order valence-electron chi connectivity index (χ4n) is 9.09. The summed E-state index contributed by atoms with van der Waals surface area (Å²) >= 11 is 0. The average molecular weight is 542 g/mol. The Morgan fingerprint density at radius 2 is 1.90 bits per heavy atom. The van der Waals surface area contributed by atoms with Crippen LogP contribution in [0.15, 0.2) is 24.3 Å². The fraction of sp³-hybridized carbons (Fsp3) is 0.559. The highest BCUT2D eigenvalue weighted by atomic mass is 16.5. The minimum Gasteiger partial charge on any atom is -0.504 e. The molecular formula is C34H41N2O4+. The average Bonchev–Trinajstić information content (AvgIpc) is 3.66. The third kappa shape index (κ3) is 3.34. The lowest BCUT2D eigenvalue weighted by molar-refractivity contribution is -1.13. The molecule has 2 aliphatic heterocycles. The number of ether oxygens (including phenoxy) is 1. The Morgan fingerprint density at radius 3 is 2.65 bits per heavy atom. The maximum atomic E-state index is 13.6. The molecule has 5 aliphatic rings. The van der Waals surface area contributed by atoms with E-state index in [9.17, 15) is 15.1 Å². The summed E-state index contributed by atoms with van der Waals surface area (Å²) in [5, 5.41) is 23.1. The Hall–Kier alpha value is -3.01. The van der Waals surface area contributed by atoms with Crippen LogP contribution in [0.4, 0.5) is 0 Å². The molecule has 3 fully saturated rings. The summed E-state index contributed by atoms with van der Waals surface area (Å²) in [7, 11) is 1.85. The largest absolute Gasteiger partial charge is 0.504 e. The standard InChI is InChI=1S/C34H40N2O4/c1-20-6-9-24(22(3)21(20)2)11-13-29(38)35(5)26-14-15-33(4)28-18-25-10-12-27(37)31-30(25)34(33,32(26)40-31)16-17-36(28,39)19-23-7-8-23/h6,9-10,12,23,26,28,32,39H,7-8,14-19H2,1-5H3/p+1/t26-,28-,32+,33+,34+,36?/m1/s1. The minimum atomic E-state index is -0.358. The number of quaternary nitrogens is 1. The molecule has 0 radical (unpaired) electrons. The number of hydroxylamine groups is 3. The summed E-state index contributed by atoms with van der Waals surface area (Å²) in [5.74, 6) is 7.25. The molecule has 6 heteroatoms. The van der Waals surface area contributed by atoms with Gasteiger partial charge in [-0.25, -0.2) is 5.21 Å². The number of nitrogens with zero attached hydrogens (tertiary/aromatic N) is 2. The van der Waals surface area contributed by atoms with Crippen LogP contribution in [-0.4, -0.2) is 64.1 Å². The van der Waals surface area contributed by atoms with Gasteiger partial charge >= 0.3 is 0 Å². The van der Waals surface area contributed by atoms with E-state index in [0.29, 0.717) is 18.2 Å². The van der Waals surface area contributed by atoms with Crippen molar-refractivity contribution in [2.24, 2.45) is 11.3 Å². The molecule has 40 heavy (non-hydrogen) atoms. The molecule has 2 bridgehead atoms. The first-order valence-corrected chi connectivity index (χ1v) is 15.0. The zero-order valence-electron chi connectivity index (χ0n) is 24.4. The maximum absolute atomic E-state index is 13.6. The number of aryl methyl sites for hydroxylation is 1. The van der Waals surface area contributed by atoms with Crippen molar-refractivity contribution in [2.75, 3.05) is 20.1 Å². The lowest BCUT2D eigenvalue weighted by atomic mass is 9.43. The molecule has 7 rings (SSSR count). The van der Waals surface area contributed by atoms with Crippen molar-refractivity contribution in [1.82, 2.24) is 4.90 Å². The summed E-state index contributed by atoms with van der Waals surface area (Å²) in [4.78, 5) is 15.3. The van der Waals surface area contributed by atoms with E-state index in [1.165, 1.54) is 29.5 Å². The number of phenols is 1. The summed E-state index contributed by atoms with van der Waals surface area (Å²) in [6.07, 6.45) is 5.39. The van der Waals surface area contributed by atoms with Crippen LogP contribution in [0, 0.1) is 43.9 Å². The number of aromatic hydroxyl groups is 1. The molecule has 6 atom stereocenters. The van der Waals surface area contributed by atoms with E-state index in [0.717, 1.165) is 48.9 Å². The Labute approximate surface area is 237 Å². The van der Waals surface area contributed by atoms with E-state index < -0.39 is 0 Å². The molecule has 210 valence electrons. The van der Waals surface area contributed by atoms with Gasteiger partial charge in [0.15, 0.2) is 11.5 Å². The van der Waals surface area contributed by atoms with Gasteiger partial charge in [0, 0.05) is 48.3 Å². The highest BCUT2D eigenvalue weighted by molar-refractivity contribution is 5.94. The van der Waals surface area contributed by atoms with Crippen LogP contribution in [0.3, 0.4) is 0 Å². The van der Waals surface area contributed by atoms with E-state index >= 15 is 0 Å². The summed E-state index contributed by atoms with van der Waals surface area (Å²) in [5.41, 5.74) is 6.18. The number of likely N-dealkylation sites (tertiary alicyclic amines) is 1. The topological polar surface area (TPSA) is 70.0 Å². The zero-order valence-corrected chi connectivity index (χ0v) is 24.4. The fourth-order valence-corrected chi connectivity index (χ4v) is 9.09. The zero-order chi connectivity index (χ0) is 28.2. The normalized spacial score (nSPS) is 34.8. The first-order chi connectivity index (χ1) is 19.0. The van der Waals surface area contributed by atoms with E-state index in [2.05, 4.69) is 45.6 Å². The lowest BCUT2D eigenvalue weighted by Gasteiger charge is -2.65. The van der Waals surface area contributed by atoms with Crippen molar-refractivity contribution in [1.29, 1.82) is 0 Å². The van der Waals surface area contributed by atoms with E-state index in [1.807, 2.05) is 19.2 Å². The molecule has 0 aromatic heterocycles. The van der Waals surface area contributed by atoms with Crippen LogP contribution in [-0.2, 0) is 16.6 Å². The van der Waals surface area contributed by atoms with Gasteiger partial charge in [-0.1, -0.05) is 25.0 Å². The van der Waals surface area contributed by atoms with Crippen molar-refractivity contribution < 1.29 is 24.5 Å². The number of rotatable bonds is 3. The van der Waals surface area contributed by atoms with Gasteiger partial charge in [-0.3, -0.25) is 4.79 Å². The van der Waals surface area contributed by atoms with Crippen LogP contribution in [0.1, 0.15) is 72.4 Å². The number of carbonyl (C=O) groups excluding carboxylic acids is 1. The number of carbonyl (C=O) groups is 1. The van der Waals surface area contributed by atoms with Gasteiger partial charge in [0.1, 0.15) is 25.2 Å². The monoisotopic (exact) mass is 541 g/mol. The summed E-state index contributed by atoms with van der Waals surface area (Å²) in [6.45, 7) is 10.1. The van der Waals surface area contributed by atoms with E-state index in [1.54, 1.807) is 11.0 Å². The van der Waals surface area contributed by atoms with Crippen LogP contribution in [0.25, 0.3) is 0 Å². The molecule has 1 amide bonds. The molecule has 2 N–H and O–H groups in total. The van der Waals surface area contributed by atoms with E-state index in [-0.39, 0.29) is 45.3 Å². The Bertz CT molecular complexity index is 1500. The van der Waals surface area contributed by atoms with Crippen LogP contribution in [0.5, 0.6) is 11.5 Å². The first-order valence-electron chi connectivity index (χ1n) is 15.0. The first kappa shape index (κ1) is 25.9. The van der Waals surface area contributed by atoms with Crippen molar-refractivity contribution in [3.63, 3.8) is 0 Å². The van der Waals surface area contributed by atoms with Crippen molar-refractivity contribution in [3.05, 3.63) is 57.6 Å². The van der Waals surface area contributed by atoms with Gasteiger partial charge in [0.25, 0.3) is 5.91 Å². The highest BCUT2D eigenvalue weighted by Crippen LogP contribution is 2.70. The van der Waals surface area contributed by atoms with Gasteiger partial charge in [-0.2, -0.15) is 4.65 Å². The summed E-state index contributed by atoms with van der Waals surface area (Å²) in [6, 6.07) is 7.74. The van der Waals surface area contributed by atoms with Gasteiger partial charge < -0.3 is 14.7 Å². The van der Waals surface area contributed by atoms with Gasteiger partial charge in [-0.15, -0.1) is 0 Å². The molecule has 6 nitrogen and oxygen atoms in total. The smallest absolute Gasteiger partial charge is 0.298 e. The maximum Gasteiger partial charge on any atom is 0.298 e. The predicted molar refractivity (Wildman–Crippen MR) is 152 cm³/mol. The third-order valence-electron chi connectivity index (χ3n) is 11.8. The number of likely N-dealkylation sites (N-methyl/N-ethyl adjacent to an activating group) is 1. The Balaban J connectivity index is 1.26. The summed E-state index contributed by atoms with van der Waals surface area (Å²) < 4.78 is 6.89. The number of hydrogen-bond donors (Lipinski definition) is 2. The quantitative estimate of drug-likeness (QED) is 0.427. The Kier molecular flexibility index (Phi) is 5.51. The van der Waals surface area contributed by atoms with Crippen LogP contribution in [0.2, 0.25) is 0 Å². The Morgan fingerprint density at radius 1 is 1.12 bits per heavy atom. The van der Waals surface area contributed by atoms with Gasteiger partial charge in [0.05, 0.1) is 11.5 Å². The molecule has 1 spiro atoms. The molecule has 2 aromatic rings. The highest BCUT2D eigenvalue weighted by Gasteiger charge is 2.76. The lowest BCUT2D eigenvalue weighted by Crippen LogP contribution is -2.78. The van der Waals surface area contributed by atoms with Crippen molar-refractivity contribution in [3.8, 4) is 23.3 Å².